The number of benzene rings is 1. The zero-order chi connectivity index (χ0) is 10.8. The van der Waals surface area contributed by atoms with Crippen molar-refractivity contribution in [2.45, 2.75) is 20.4 Å². The molecule has 82 valence electrons. The highest BCUT2D eigenvalue weighted by molar-refractivity contribution is 5.78. The van der Waals surface area contributed by atoms with Crippen molar-refractivity contribution in [2.75, 3.05) is 30.4 Å². The van der Waals surface area contributed by atoms with Gasteiger partial charge in [0.15, 0.2) is 0 Å². The van der Waals surface area contributed by atoms with Crippen LogP contribution in [0.25, 0.3) is 0 Å². The van der Waals surface area contributed by atoms with Gasteiger partial charge in [-0.05, 0) is 26.0 Å². The van der Waals surface area contributed by atoms with E-state index in [9.17, 15) is 0 Å². The van der Waals surface area contributed by atoms with Gasteiger partial charge in [0, 0.05) is 30.9 Å². The van der Waals surface area contributed by atoms with Crippen LogP contribution in [0.5, 0.6) is 5.75 Å². The first-order chi connectivity index (χ1) is 7.31. The molecule has 1 aromatic carbocycles. The summed E-state index contributed by atoms with van der Waals surface area (Å²) in [7, 11) is 1.71. The Labute approximate surface area is 91.0 Å². The maximum atomic E-state index is 5.30. The summed E-state index contributed by atoms with van der Waals surface area (Å²) in [6.07, 6.45) is 0. The monoisotopic (exact) mass is 206 g/mol. The number of hydrogen-bond acceptors (Lipinski definition) is 3. The van der Waals surface area contributed by atoms with Gasteiger partial charge in [0.2, 0.25) is 0 Å². The van der Waals surface area contributed by atoms with Gasteiger partial charge in [0.25, 0.3) is 0 Å². The van der Waals surface area contributed by atoms with Gasteiger partial charge in [-0.25, -0.2) is 0 Å². The number of ether oxygens (including phenoxy) is 1. The fourth-order valence-corrected chi connectivity index (χ4v) is 2.09. The van der Waals surface area contributed by atoms with Gasteiger partial charge >= 0.3 is 0 Å². The van der Waals surface area contributed by atoms with Crippen molar-refractivity contribution in [2.24, 2.45) is 0 Å². The van der Waals surface area contributed by atoms with E-state index in [0.29, 0.717) is 0 Å². The lowest BCUT2D eigenvalue weighted by Crippen LogP contribution is -2.27. The van der Waals surface area contributed by atoms with E-state index in [1.54, 1.807) is 7.11 Å². The molecule has 2 rings (SSSR count). The minimum atomic E-state index is 0.951. The number of rotatable bonds is 4. The Morgan fingerprint density at radius 2 is 2.07 bits per heavy atom. The molecule has 0 radical (unpaired) electrons. The van der Waals surface area contributed by atoms with E-state index in [0.717, 1.165) is 25.4 Å². The second-order valence-corrected chi connectivity index (χ2v) is 3.67. The number of methoxy groups -OCH3 is 1. The quantitative estimate of drug-likeness (QED) is 0.819. The summed E-state index contributed by atoms with van der Waals surface area (Å²) >= 11 is 0. The lowest BCUT2D eigenvalue weighted by molar-refractivity contribution is 0.414. The van der Waals surface area contributed by atoms with E-state index in [1.807, 2.05) is 6.07 Å². The van der Waals surface area contributed by atoms with Crippen LogP contribution in [-0.2, 0) is 6.54 Å². The molecule has 0 spiro atoms. The maximum Gasteiger partial charge on any atom is 0.142 e. The van der Waals surface area contributed by atoms with Crippen LogP contribution in [0, 0.1) is 0 Å². The average molecular weight is 206 g/mol. The molecule has 0 fully saturated rings. The highest BCUT2D eigenvalue weighted by Crippen LogP contribution is 2.41. The summed E-state index contributed by atoms with van der Waals surface area (Å²) in [6.45, 7) is 7.43. The molecule has 1 heterocycles. The highest BCUT2D eigenvalue weighted by atomic mass is 16.5. The van der Waals surface area contributed by atoms with Gasteiger partial charge < -0.3 is 15.0 Å². The largest absolute Gasteiger partial charge is 0.495 e. The zero-order valence-electron chi connectivity index (χ0n) is 9.63. The van der Waals surface area contributed by atoms with Crippen LogP contribution in [-0.4, -0.2) is 20.2 Å². The van der Waals surface area contributed by atoms with E-state index in [2.05, 4.69) is 30.1 Å². The molecule has 0 aromatic heterocycles. The molecule has 0 aliphatic carbocycles. The Kier molecular flexibility index (Phi) is 2.71. The molecule has 0 amide bonds. The van der Waals surface area contributed by atoms with Crippen LogP contribution in [0.1, 0.15) is 19.4 Å². The predicted molar refractivity (Wildman–Crippen MR) is 63.9 cm³/mol. The third-order valence-corrected chi connectivity index (χ3v) is 3.02. The molecular weight excluding hydrogens is 188 g/mol. The molecule has 0 saturated carbocycles. The minimum absolute atomic E-state index is 0.951. The molecule has 1 aliphatic heterocycles. The van der Waals surface area contributed by atoms with E-state index in [-0.39, 0.29) is 0 Å². The van der Waals surface area contributed by atoms with Crippen molar-refractivity contribution in [1.29, 1.82) is 0 Å². The lowest BCUT2D eigenvalue weighted by atomic mass is 10.0. The summed E-state index contributed by atoms with van der Waals surface area (Å²) in [5.41, 5.74) is 3.90. The Morgan fingerprint density at radius 3 is 2.53 bits per heavy atom. The van der Waals surface area contributed by atoms with Crippen molar-refractivity contribution in [1.82, 2.24) is 0 Å². The second kappa shape index (κ2) is 4.01. The van der Waals surface area contributed by atoms with Crippen LogP contribution in [0.3, 0.4) is 0 Å². The number of anilines is 2. The first-order valence-corrected chi connectivity index (χ1v) is 5.50. The molecule has 3 nitrogen and oxygen atoms in total. The highest BCUT2D eigenvalue weighted by Gasteiger charge is 2.22. The Hall–Kier alpha value is -1.38. The molecule has 1 N–H and O–H groups in total. The summed E-state index contributed by atoms with van der Waals surface area (Å²) in [4.78, 5) is 2.37. The summed E-state index contributed by atoms with van der Waals surface area (Å²) in [5, 5.41) is 3.30. The normalized spacial score (nSPS) is 12.5. The molecule has 1 aliphatic rings. The van der Waals surface area contributed by atoms with Crippen molar-refractivity contribution in [3.05, 3.63) is 17.7 Å². The second-order valence-electron chi connectivity index (χ2n) is 3.67. The number of nitrogens with one attached hydrogen (secondary N) is 1. The van der Waals surface area contributed by atoms with Gasteiger partial charge in [-0.15, -0.1) is 0 Å². The van der Waals surface area contributed by atoms with Gasteiger partial charge in [-0.1, -0.05) is 0 Å². The maximum absolute atomic E-state index is 5.30. The molecule has 0 unspecified atom stereocenters. The van der Waals surface area contributed by atoms with Gasteiger partial charge in [-0.2, -0.15) is 0 Å². The third kappa shape index (κ3) is 1.52. The topological polar surface area (TPSA) is 24.5 Å². The molecule has 1 aromatic rings. The smallest absolute Gasteiger partial charge is 0.142 e. The average Bonchev–Trinajstić information content (AvgIpc) is 2.21. The van der Waals surface area contributed by atoms with E-state index < -0.39 is 0 Å². The third-order valence-electron chi connectivity index (χ3n) is 3.02. The fourth-order valence-electron chi connectivity index (χ4n) is 2.09. The van der Waals surface area contributed by atoms with Crippen molar-refractivity contribution < 1.29 is 4.74 Å². The summed E-state index contributed by atoms with van der Waals surface area (Å²) in [6, 6.07) is 4.20. The van der Waals surface area contributed by atoms with Crippen LogP contribution in [0.4, 0.5) is 11.4 Å². The van der Waals surface area contributed by atoms with Gasteiger partial charge in [0.1, 0.15) is 5.75 Å². The molecule has 0 bridgehead atoms. The SMILES string of the molecule is CCN(CC)c1ccc(OC)c2c1CN2. The first-order valence-electron chi connectivity index (χ1n) is 5.50. The van der Waals surface area contributed by atoms with Gasteiger partial charge in [0.05, 0.1) is 12.8 Å². The zero-order valence-corrected chi connectivity index (χ0v) is 9.63. The van der Waals surface area contributed by atoms with E-state index in [4.69, 9.17) is 4.74 Å². The minimum Gasteiger partial charge on any atom is -0.495 e. The number of fused-ring (bicyclic) bond motifs is 1. The summed E-state index contributed by atoms with van der Waals surface area (Å²) < 4.78 is 5.30. The first kappa shape index (κ1) is 10.1. The van der Waals surface area contributed by atoms with Crippen LogP contribution >= 0.6 is 0 Å². The van der Waals surface area contributed by atoms with Crippen molar-refractivity contribution >= 4 is 11.4 Å². The Balaban J connectivity index is 2.38. The molecule has 0 atom stereocenters. The van der Waals surface area contributed by atoms with Crippen LogP contribution in [0.2, 0.25) is 0 Å². The lowest BCUT2D eigenvalue weighted by Gasteiger charge is -2.32. The Bertz CT molecular complexity index is 359. The predicted octanol–water partition coefficient (Wildman–Crippen LogP) is 2.47. The molecular formula is C12H18N2O. The van der Waals surface area contributed by atoms with Crippen molar-refractivity contribution in [3.63, 3.8) is 0 Å². The Morgan fingerprint density at radius 1 is 1.33 bits per heavy atom. The van der Waals surface area contributed by atoms with E-state index >= 15 is 0 Å². The molecule has 3 heteroatoms. The standard InChI is InChI=1S/C12H18N2O/c1-4-14(5-2)10-6-7-11(15-3)12-9(10)8-13-12/h6-7,13H,4-5,8H2,1-3H3. The van der Waals surface area contributed by atoms with E-state index in [1.165, 1.54) is 16.9 Å². The van der Waals surface area contributed by atoms with Crippen molar-refractivity contribution in [3.8, 4) is 5.75 Å². The molecule has 0 saturated heterocycles. The fraction of sp³-hybridized carbons (Fsp3) is 0.500. The van der Waals surface area contributed by atoms with Crippen LogP contribution < -0.4 is 15.0 Å². The van der Waals surface area contributed by atoms with Gasteiger partial charge in [-0.3, -0.25) is 0 Å². The molecule has 15 heavy (non-hydrogen) atoms. The summed E-state index contributed by atoms with van der Waals surface area (Å²) in [5.74, 6) is 0.951. The number of nitrogens with zero attached hydrogens (tertiary/aromatic N) is 1. The van der Waals surface area contributed by atoms with Crippen LogP contribution in [0.15, 0.2) is 12.1 Å². The number of hydrogen-bond donors (Lipinski definition) is 1.